The highest BCUT2D eigenvalue weighted by atomic mass is 32.1. The number of benzene rings is 1. The largest absolute Gasteiger partial charge is 0.356 e. The molecule has 1 atom stereocenters. The van der Waals surface area contributed by atoms with Crippen molar-refractivity contribution in [2.75, 3.05) is 19.6 Å². The number of hydrogen-bond acceptors (Lipinski definition) is 3. The Labute approximate surface area is 146 Å². The summed E-state index contributed by atoms with van der Waals surface area (Å²) in [5.41, 5.74) is 0. The van der Waals surface area contributed by atoms with Gasteiger partial charge in [0.05, 0.1) is 4.88 Å². The fourth-order valence-corrected chi connectivity index (χ4v) is 4.14. The molecule has 0 bridgehead atoms. The highest BCUT2D eigenvalue weighted by Crippen LogP contribution is 2.27. The number of carbonyl (C=O) groups is 2. The maximum atomic E-state index is 12.8. The van der Waals surface area contributed by atoms with E-state index in [0.717, 1.165) is 40.9 Å². The van der Waals surface area contributed by atoms with Crippen LogP contribution >= 0.6 is 11.3 Å². The van der Waals surface area contributed by atoms with Gasteiger partial charge in [-0.05, 0) is 36.3 Å². The molecule has 1 N–H and O–H groups in total. The molecule has 24 heavy (non-hydrogen) atoms. The molecule has 1 aliphatic rings. The summed E-state index contributed by atoms with van der Waals surface area (Å²) in [6.07, 6.45) is 2.06. The van der Waals surface area contributed by atoms with Gasteiger partial charge >= 0.3 is 0 Å². The summed E-state index contributed by atoms with van der Waals surface area (Å²) in [6, 6.07) is 10.1. The molecule has 3 rings (SSSR count). The average molecular weight is 344 g/mol. The van der Waals surface area contributed by atoms with E-state index in [0.29, 0.717) is 12.5 Å². The van der Waals surface area contributed by atoms with Crippen molar-refractivity contribution in [1.29, 1.82) is 0 Å². The number of amides is 2. The van der Waals surface area contributed by atoms with Crippen molar-refractivity contribution in [3.63, 3.8) is 0 Å². The smallest absolute Gasteiger partial charge is 0.263 e. The molecule has 1 aromatic heterocycles. The van der Waals surface area contributed by atoms with Gasteiger partial charge in [0.15, 0.2) is 0 Å². The molecule has 5 heteroatoms. The highest BCUT2D eigenvalue weighted by Gasteiger charge is 2.26. The number of carbonyl (C=O) groups excluding carboxylic acids is 2. The van der Waals surface area contributed by atoms with E-state index >= 15 is 0 Å². The molecule has 2 aromatic rings. The Morgan fingerprint density at radius 2 is 2.12 bits per heavy atom. The maximum absolute atomic E-state index is 12.8. The van der Waals surface area contributed by atoms with Crippen molar-refractivity contribution in [3.8, 4) is 0 Å². The lowest BCUT2D eigenvalue weighted by Crippen LogP contribution is -2.44. The first-order valence-electron chi connectivity index (χ1n) is 8.60. The Morgan fingerprint density at radius 3 is 2.88 bits per heavy atom. The average Bonchev–Trinajstić information content (AvgIpc) is 3.03. The topological polar surface area (TPSA) is 49.4 Å². The van der Waals surface area contributed by atoms with Crippen LogP contribution in [0.1, 0.15) is 36.4 Å². The van der Waals surface area contributed by atoms with Gasteiger partial charge in [-0.2, -0.15) is 0 Å². The number of nitrogens with zero attached hydrogens (tertiary/aromatic N) is 1. The summed E-state index contributed by atoms with van der Waals surface area (Å²) in [4.78, 5) is 27.3. The minimum Gasteiger partial charge on any atom is -0.356 e. The van der Waals surface area contributed by atoms with E-state index in [1.165, 1.54) is 0 Å². The summed E-state index contributed by atoms with van der Waals surface area (Å²) in [5, 5.41) is 4.13. The van der Waals surface area contributed by atoms with Gasteiger partial charge in [-0.3, -0.25) is 9.59 Å². The van der Waals surface area contributed by atoms with E-state index in [-0.39, 0.29) is 17.7 Å². The number of fused-ring (bicyclic) bond motifs is 1. The third-order valence-corrected chi connectivity index (χ3v) is 5.64. The van der Waals surface area contributed by atoms with Crippen LogP contribution in [0.2, 0.25) is 0 Å². The van der Waals surface area contributed by atoms with Crippen molar-refractivity contribution in [3.05, 3.63) is 35.2 Å². The first kappa shape index (κ1) is 17.0. The van der Waals surface area contributed by atoms with E-state index in [1.807, 2.05) is 43.0 Å². The predicted molar refractivity (Wildman–Crippen MR) is 98.3 cm³/mol. The molecule has 0 aliphatic carbocycles. The third kappa shape index (κ3) is 3.78. The Kier molecular flexibility index (Phi) is 5.19. The fourth-order valence-electron chi connectivity index (χ4n) is 3.11. The lowest BCUT2D eigenvalue weighted by molar-refractivity contribution is -0.124. The van der Waals surface area contributed by atoms with Crippen LogP contribution in [0.15, 0.2) is 30.3 Å². The second kappa shape index (κ2) is 7.34. The molecule has 1 saturated heterocycles. The van der Waals surface area contributed by atoms with Crippen molar-refractivity contribution in [2.24, 2.45) is 11.8 Å². The molecule has 1 aromatic carbocycles. The minimum atomic E-state index is 0.00451. The third-order valence-electron chi connectivity index (χ3n) is 4.53. The summed E-state index contributed by atoms with van der Waals surface area (Å²) in [7, 11) is 0. The molecule has 2 amide bonds. The van der Waals surface area contributed by atoms with Gasteiger partial charge in [0.2, 0.25) is 5.91 Å². The summed E-state index contributed by atoms with van der Waals surface area (Å²) < 4.78 is 1.15. The van der Waals surface area contributed by atoms with Crippen LogP contribution in [0.4, 0.5) is 0 Å². The Hall–Kier alpha value is -1.88. The van der Waals surface area contributed by atoms with Crippen molar-refractivity contribution in [2.45, 2.75) is 26.7 Å². The van der Waals surface area contributed by atoms with Crippen LogP contribution in [-0.4, -0.2) is 36.3 Å². The van der Waals surface area contributed by atoms with E-state index in [9.17, 15) is 9.59 Å². The summed E-state index contributed by atoms with van der Waals surface area (Å²) >= 11 is 1.56. The predicted octanol–water partition coefficient (Wildman–Crippen LogP) is 3.53. The second-order valence-electron chi connectivity index (χ2n) is 6.81. The maximum Gasteiger partial charge on any atom is 0.263 e. The van der Waals surface area contributed by atoms with E-state index < -0.39 is 0 Å². The minimum absolute atomic E-state index is 0.00451. The number of rotatable bonds is 4. The Balaban J connectivity index is 1.63. The number of likely N-dealkylation sites (tertiary alicyclic amines) is 1. The van der Waals surface area contributed by atoms with Crippen molar-refractivity contribution >= 4 is 33.2 Å². The normalized spacial score (nSPS) is 18.1. The van der Waals surface area contributed by atoms with Gasteiger partial charge in [0.25, 0.3) is 5.91 Å². The zero-order valence-corrected chi connectivity index (χ0v) is 15.1. The zero-order valence-electron chi connectivity index (χ0n) is 14.2. The molecule has 128 valence electrons. The fraction of sp³-hybridized carbons (Fsp3) is 0.474. The number of nitrogens with one attached hydrogen (secondary N) is 1. The first-order chi connectivity index (χ1) is 11.5. The molecule has 1 aliphatic heterocycles. The van der Waals surface area contributed by atoms with Crippen molar-refractivity contribution in [1.82, 2.24) is 10.2 Å². The Morgan fingerprint density at radius 1 is 1.33 bits per heavy atom. The van der Waals surface area contributed by atoms with Gasteiger partial charge in [-0.1, -0.05) is 32.0 Å². The molecule has 1 unspecified atom stereocenters. The van der Waals surface area contributed by atoms with Crippen molar-refractivity contribution < 1.29 is 9.59 Å². The number of hydrogen-bond donors (Lipinski definition) is 1. The SMILES string of the molecule is CC(C)C(=O)NCC1CCCN(C(=O)c2cc3ccccc3s2)C1. The molecule has 1 fully saturated rings. The lowest BCUT2D eigenvalue weighted by atomic mass is 9.97. The van der Waals surface area contributed by atoms with Crippen LogP contribution in [0.5, 0.6) is 0 Å². The highest BCUT2D eigenvalue weighted by molar-refractivity contribution is 7.20. The lowest BCUT2D eigenvalue weighted by Gasteiger charge is -2.32. The number of thiophene rings is 1. The number of piperidine rings is 1. The van der Waals surface area contributed by atoms with Gasteiger partial charge < -0.3 is 10.2 Å². The van der Waals surface area contributed by atoms with Gasteiger partial charge in [0.1, 0.15) is 0 Å². The van der Waals surface area contributed by atoms with Crippen LogP contribution in [0, 0.1) is 11.8 Å². The van der Waals surface area contributed by atoms with E-state index in [2.05, 4.69) is 11.4 Å². The van der Waals surface area contributed by atoms with Crippen LogP contribution in [0.25, 0.3) is 10.1 Å². The molecular formula is C19H24N2O2S. The first-order valence-corrected chi connectivity index (χ1v) is 9.42. The molecule has 0 saturated carbocycles. The molecule has 0 radical (unpaired) electrons. The van der Waals surface area contributed by atoms with Crippen LogP contribution < -0.4 is 5.32 Å². The van der Waals surface area contributed by atoms with Crippen LogP contribution in [0.3, 0.4) is 0 Å². The zero-order chi connectivity index (χ0) is 17.1. The van der Waals surface area contributed by atoms with E-state index in [1.54, 1.807) is 11.3 Å². The quantitative estimate of drug-likeness (QED) is 0.922. The molecule has 0 spiro atoms. The Bertz CT molecular complexity index is 705. The van der Waals surface area contributed by atoms with Gasteiger partial charge in [-0.25, -0.2) is 0 Å². The monoisotopic (exact) mass is 344 g/mol. The molecule has 2 heterocycles. The standard InChI is InChI=1S/C19H24N2O2S/c1-13(2)18(22)20-11-14-6-5-9-21(12-14)19(23)17-10-15-7-3-4-8-16(15)24-17/h3-4,7-8,10,13-14H,5-6,9,11-12H2,1-2H3,(H,20,22). The second-order valence-corrected chi connectivity index (χ2v) is 7.89. The molecule has 4 nitrogen and oxygen atoms in total. The molecular weight excluding hydrogens is 320 g/mol. The summed E-state index contributed by atoms with van der Waals surface area (Å²) in [5.74, 6) is 0.559. The summed E-state index contributed by atoms with van der Waals surface area (Å²) in [6.45, 7) is 5.99. The van der Waals surface area contributed by atoms with E-state index in [4.69, 9.17) is 0 Å². The van der Waals surface area contributed by atoms with Gasteiger partial charge in [-0.15, -0.1) is 11.3 Å². The van der Waals surface area contributed by atoms with Gasteiger partial charge in [0, 0.05) is 30.3 Å². The van der Waals surface area contributed by atoms with Crippen LogP contribution in [-0.2, 0) is 4.79 Å².